The number of fused-ring (bicyclic) bond motifs is 1. The third-order valence-electron chi connectivity index (χ3n) is 10.8. The Morgan fingerprint density at radius 3 is 2.16 bits per heavy atom. The van der Waals surface area contributed by atoms with Gasteiger partial charge in [0.2, 0.25) is 11.8 Å². The van der Waals surface area contributed by atoms with Crippen LogP contribution in [0.5, 0.6) is 0 Å². The number of carbonyl (C=O) groups is 6. The minimum Gasteiger partial charge on any atom is -0.463 e. The highest BCUT2D eigenvalue weighted by Gasteiger charge is 2.44. The molecule has 0 saturated carbocycles. The van der Waals surface area contributed by atoms with E-state index in [1.807, 2.05) is 24.3 Å². The lowest BCUT2D eigenvalue weighted by atomic mass is 10.00. The molecule has 0 radical (unpaired) electrons. The van der Waals surface area contributed by atoms with Gasteiger partial charge in [0.05, 0.1) is 28.0 Å². The van der Waals surface area contributed by atoms with Crippen LogP contribution in [0, 0.1) is 10.1 Å². The zero-order valence-corrected chi connectivity index (χ0v) is 33.1. The number of nitro benzene ring substituents is 1. The number of aryl methyl sites for hydroxylation is 1. The van der Waals surface area contributed by atoms with Crippen molar-refractivity contribution >= 4 is 46.8 Å². The van der Waals surface area contributed by atoms with Gasteiger partial charge >= 0.3 is 0 Å². The molecular formula is C47H38N6O9. The lowest BCUT2D eigenvalue weighted by molar-refractivity contribution is -0.384. The van der Waals surface area contributed by atoms with Crippen molar-refractivity contribution in [3.05, 3.63) is 159 Å². The smallest absolute Gasteiger partial charge is 0.269 e. The molecule has 8 rings (SSSR count). The number of aromatic nitrogens is 1. The van der Waals surface area contributed by atoms with E-state index in [-0.39, 0.29) is 41.5 Å². The number of hydrogen-bond acceptors (Lipinski definition) is 10. The van der Waals surface area contributed by atoms with Crippen LogP contribution in [0.15, 0.2) is 126 Å². The van der Waals surface area contributed by atoms with E-state index in [1.165, 1.54) is 12.1 Å². The Morgan fingerprint density at radius 1 is 0.758 bits per heavy atom. The van der Waals surface area contributed by atoms with Gasteiger partial charge in [-0.05, 0) is 127 Å². The number of nitro groups is 1. The summed E-state index contributed by atoms with van der Waals surface area (Å²) in [6.07, 6.45) is 4.68. The van der Waals surface area contributed by atoms with E-state index in [0.29, 0.717) is 52.5 Å². The van der Waals surface area contributed by atoms with E-state index in [1.54, 1.807) is 85.1 Å². The van der Waals surface area contributed by atoms with Gasteiger partial charge in [0.1, 0.15) is 11.7 Å². The number of imide groups is 2. The first kappa shape index (κ1) is 40.7. The number of pyridine rings is 1. The maximum atomic E-state index is 13.2. The Kier molecular flexibility index (Phi) is 11.6. The first-order valence-corrected chi connectivity index (χ1v) is 20.0. The van der Waals surface area contributed by atoms with E-state index in [4.69, 9.17) is 9.40 Å². The zero-order chi connectivity index (χ0) is 43.3. The van der Waals surface area contributed by atoms with Crippen molar-refractivity contribution in [1.29, 1.82) is 0 Å². The second kappa shape index (κ2) is 17.6. The summed E-state index contributed by atoms with van der Waals surface area (Å²) in [4.78, 5) is 92.4. The molecule has 2 aliphatic rings. The summed E-state index contributed by atoms with van der Waals surface area (Å²) >= 11 is 0. The molecule has 4 heterocycles. The number of nitrogens with one attached hydrogen (secondary N) is 3. The number of anilines is 1. The maximum Gasteiger partial charge on any atom is 0.269 e. The van der Waals surface area contributed by atoms with Gasteiger partial charge in [0.25, 0.3) is 29.3 Å². The average molecular weight is 831 g/mol. The Bertz CT molecular complexity index is 2730. The van der Waals surface area contributed by atoms with Crippen molar-refractivity contribution in [1.82, 2.24) is 20.5 Å². The molecule has 0 spiro atoms. The van der Waals surface area contributed by atoms with Gasteiger partial charge in [-0.25, -0.2) is 4.98 Å². The van der Waals surface area contributed by atoms with Gasteiger partial charge in [-0.3, -0.25) is 49.1 Å². The molecule has 1 unspecified atom stereocenters. The van der Waals surface area contributed by atoms with E-state index < -0.39 is 34.6 Å². The third-order valence-corrected chi connectivity index (χ3v) is 10.8. The quantitative estimate of drug-likeness (QED) is 0.0429. The highest BCUT2D eigenvalue weighted by Crippen LogP contribution is 2.32. The molecule has 1 saturated heterocycles. The lowest BCUT2D eigenvalue weighted by Gasteiger charge is -2.27. The number of benzene rings is 4. The van der Waals surface area contributed by atoms with Crippen molar-refractivity contribution in [3.8, 4) is 33.8 Å². The number of carbonyl (C=O) groups excluding carboxylic acids is 6. The number of nitrogens with zero attached hydrogens (tertiary/aromatic N) is 3. The van der Waals surface area contributed by atoms with Crippen molar-refractivity contribution in [2.75, 3.05) is 11.9 Å². The first-order valence-electron chi connectivity index (χ1n) is 20.0. The van der Waals surface area contributed by atoms with Crippen LogP contribution in [0.1, 0.15) is 79.1 Å². The van der Waals surface area contributed by atoms with Gasteiger partial charge < -0.3 is 15.1 Å². The normalized spacial score (nSPS) is 14.6. The summed E-state index contributed by atoms with van der Waals surface area (Å²) in [5.74, 6) is -2.16. The number of non-ortho nitro benzene ring substituents is 1. The number of rotatable bonds is 14. The fourth-order valence-corrected chi connectivity index (χ4v) is 7.48. The van der Waals surface area contributed by atoms with Gasteiger partial charge in [-0.15, -0.1) is 0 Å². The predicted octanol–water partition coefficient (Wildman–Crippen LogP) is 7.38. The Hall–Kier alpha value is -8.07. The number of unbranched alkanes of at least 4 members (excludes halogenated alkanes) is 2. The van der Waals surface area contributed by atoms with Gasteiger partial charge in [-0.2, -0.15) is 0 Å². The molecule has 3 N–H and O–H groups in total. The monoisotopic (exact) mass is 830 g/mol. The molecule has 310 valence electrons. The van der Waals surface area contributed by atoms with E-state index in [2.05, 4.69) is 16.0 Å². The zero-order valence-electron chi connectivity index (χ0n) is 33.1. The molecular weight excluding hydrogens is 793 g/mol. The van der Waals surface area contributed by atoms with Gasteiger partial charge in [0.15, 0.2) is 5.76 Å². The summed E-state index contributed by atoms with van der Waals surface area (Å²) in [5.41, 5.74) is 6.21. The molecule has 0 bridgehead atoms. The Balaban J connectivity index is 0.805. The minimum atomic E-state index is -1.01. The largest absolute Gasteiger partial charge is 0.463 e. The van der Waals surface area contributed by atoms with Crippen LogP contribution in [0.25, 0.3) is 33.8 Å². The summed E-state index contributed by atoms with van der Waals surface area (Å²) in [6.45, 7) is 0.452. The SMILES string of the molecule is O=C1CCC(N2C(=O)c3ccc(CCCCCNC(=O)c4ccc(NC(=O)c5ccc(-c6cc(-c7ccc([N+](=O)[O-])cc7)nc(-c7ccco7)c6)cc5)cc4)cc3C2=O)C(=O)N1. The van der Waals surface area contributed by atoms with Gasteiger partial charge in [0, 0.05) is 47.5 Å². The van der Waals surface area contributed by atoms with Crippen LogP contribution in [0.2, 0.25) is 0 Å². The Labute approximate surface area is 354 Å². The van der Waals surface area contributed by atoms with Gasteiger partial charge in [-0.1, -0.05) is 24.6 Å². The molecule has 0 aliphatic carbocycles. The fourth-order valence-electron chi connectivity index (χ4n) is 7.48. The number of furan rings is 1. The first-order chi connectivity index (χ1) is 30.0. The minimum absolute atomic E-state index is 0.0238. The molecule has 1 atom stereocenters. The van der Waals surface area contributed by atoms with Crippen molar-refractivity contribution < 1.29 is 38.1 Å². The summed E-state index contributed by atoms with van der Waals surface area (Å²) in [7, 11) is 0. The standard InChI is InChI=1S/C47H38N6O9/c54-42-22-21-40(45(57)51-42)52-46(58)36-20-7-28(25-37(36)47(52)59)5-2-1-3-23-48-43(55)31-12-16-34(17-13-31)49-44(56)32-10-8-29(9-11-32)33-26-38(30-14-18-35(19-15-30)53(60)61)50-39(27-33)41-6-4-24-62-41/h4,6-20,24-27,40H,1-3,5,21-23H2,(H,48,55)(H,49,56)(H,51,54,57). The second-order valence-corrected chi connectivity index (χ2v) is 14.9. The summed E-state index contributed by atoms with van der Waals surface area (Å²) in [5, 5.41) is 19.2. The van der Waals surface area contributed by atoms with E-state index in [0.717, 1.165) is 40.9 Å². The predicted molar refractivity (Wildman–Crippen MR) is 227 cm³/mol. The van der Waals surface area contributed by atoms with Crippen molar-refractivity contribution in [2.45, 2.75) is 44.6 Å². The molecule has 4 aromatic carbocycles. The molecule has 15 nitrogen and oxygen atoms in total. The number of piperidine rings is 1. The van der Waals surface area contributed by atoms with Crippen LogP contribution in [-0.2, 0) is 16.0 Å². The van der Waals surface area contributed by atoms with Crippen molar-refractivity contribution in [2.24, 2.45) is 0 Å². The topological polar surface area (TPSA) is 211 Å². The lowest BCUT2D eigenvalue weighted by Crippen LogP contribution is -2.54. The van der Waals surface area contributed by atoms with Crippen LogP contribution in [0.4, 0.5) is 11.4 Å². The fraction of sp³-hybridized carbons (Fsp3) is 0.170. The molecule has 2 aromatic heterocycles. The summed E-state index contributed by atoms with van der Waals surface area (Å²) < 4.78 is 5.60. The molecule has 6 aromatic rings. The Morgan fingerprint density at radius 2 is 1.45 bits per heavy atom. The van der Waals surface area contributed by atoms with Crippen LogP contribution in [-0.4, -0.2) is 62.8 Å². The second-order valence-electron chi connectivity index (χ2n) is 14.9. The highest BCUT2D eigenvalue weighted by molar-refractivity contribution is 6.23. The molecule has 2 aliphatic heterocycles. The molecule has 6 amide bonds. The third kappa shape index (κ3) is 8.77. The highest BCUT2D eigenvalue weighted by atomic mass is 16.6. The molecule has 62 heavy (non-hydrogen) atoms. The average Bonchev–Trinajstić information content (AvgIpc) is 3.91. The van der Waals surface area contributed by atoms with Crippen LogP contribution < -0.4 is 16.0 Å². The molecule has 15 heteroatoms. The molecule has 1 fully saturated rings. The van der Waals surface area contributed by atoms with E-state index >= 15 is 0 Å². The number of hydrogen-bond donors (Lipinski definition) is 3. The van der Waals surface area contributed by atoms with Crippen LogP contribution >= 0.6 is 0 Å². The summed E-state index contributed by atoms with van der Waals surface area (Å²) in [6, 6.07) is 31.2. The van der Waals surface area contributed by atoms with Crippen LogP contribution in [0.3, 0.4) is 0 Å². The van der Waals surface area contributed by atoms with E-state index in [9.17, 15) is 38.9 Å². The van der Waals surface area contributed by atoms with Crippen molar-refractivity contribution in [3.63, 3.8) is 0 Å². The number of amides is 6. The maximum absolute atomic E-state index is 13.2.